The fourth-order valence-electron chi connectivity index (χ4n) is 1.89. The van der Waals surface area contributed by atoms with E-state index in [0.29, 0.717) is 13.2 Å². The lowest BCUT2D eigenvalue weighted by atomic mass is 10.3. The summed E-state index contributed by atoms with van der Waals surface area (Å²) in [4.78, 5) is 0. The van der Waals surface area contributed by atoms with E-state index in [2.05, 4.69) is 6.92 Å². The number of unbranched alkanes of at least 4 members (excludes halogenated alkanes) is 1. The van der Waals surface area contributed by atoms with Crippen LogP contribution in [0.3, 0.4) is 0 Å². The number of rotatable bonds is 11. The minimum absolute atomic E-state index is 0.0865. The predicted octanol–water partition coefficient (Wildman–Crippen LogP) is 4.42. The average molecular weight is 310 g/mol. The van der Waals surface area contributed by atoms with Crippen LogP contribution in [-0.4, -0.2) is 31.7 Å². The van der Waals surface area contributed by atoms with E-state index in [-0.39, 0.29) is 18.5 Å². The summed E-state index contributed by atoms with van der Waals surface area (Å²) in [5.74, 6) is 1.49. The first-order chi connectivity index (χ1) is 10.5. The Labute approximate surface area is 134 Å². The van der Waals surface area contributed by atoms with Gasteiger partial charge in [-0.05, 0) is 46.2 Å². The molecule has 126 valence electrons. The average Bonchev–Trinajstić information content (AvgIpc) is 2.45. The Morgan fingerprint density at radius 1 is 0.864 bits per heavy atom. The maximum Gasteiger partial charge on any atom is 0.192 e. The highest BCUT2D eigenvalue weighted by atomic mass is 16.7. The number of ether oxygens (including phenoxy) is 4. The second-order valence-corrected chi connectivity index (χ2v) is 5.76. The Morgan fingerprint density at radius 2 is 1.41 bits per heavy atom. The molecule has 0 saturated heterocycles. The van der Waals surface area contributed by atoms with E-state index in [9.17, 15) is 0 Å². The number of hydrogen-bond donors (Lipinski definition) is 0. The third kappa shape index (κ3) is 7.66. The van der Waals surface area contributed by atoms with Crippen LogP contribution in [-0.2, 0) is 9.47 Å². The third-order valence-corrected chi connectivity index (χ3v) is 2.83. The van der Waals surface area contributed by atoms with Gasteiger partial charge in [-0.15, -0.1) is 0 Å². The highest BCUT2D eigenvalue weighted by Gasteiger charge is 2.15. The molecule has 1 aromatic rings. The Bertz CT molecular complexity index is 394. The quantitative estimate of drug-likeness (QED) is 0.448. The Hall–Kier alpha value is -1.26. The van der Waals surface area contributed by atoms with Crippen molar-refractivity contribution in [2.45, 2.75) is 66.0 Å². The van der Waals surface area contributed by atoms with Crippen LogP contribution < -0.4 is 9.47 Å². The summed E-state index contributed by atoms with van der Waals surface area (Å²) in [6.45, 7) is 11.1. The molecule has 0 heterocycles. The lowest BCUT2D eigenvalue weighted by Crippen LogP contribution is -2.30. The van der Waals surface area contributed by atoms with Crippen molar-refractivity contribution >= 4 is 0 Å². The first kappa shape index (κ1) is 18.8. The summed E-state index contributed by atoms with van der Waals surface area (Å²) >= 11 is 0. The van der Waals surface area contributed by atoms with E-state index < -0.39 is 0 Å². The number of benzene rings is 1. The Kier molecular flexibility index (Phi) is 8.94. The topological polar surface area (TPSA) is 36.9 Å². The van der Waals surface area contributed by atoms with Crippen LogP contribution in [0.2, 0.25) is 0 Å². The van der Waals surface area contributed by atoms with Crippen molar-refractivity contribution in [3.8, 4) is 11.5 Å². The van der Waals surface area contributed by atoms with Gasteiger partial charge in [-0.1, -0.05) is 25.5 Å². The molecule has 0 bridgehead atoms. The highest BCUT2D eigenvalue weighted by molar-refractivity contribution is 5.39. The zero-order valence-electron chi connectivity index (χ0n) is 14.5. The SMILES string of the molecule is CCCCOc1ccccc1OCC(OC(C)C)OC(C)C. The predicted molar refractivity (Wildman–Crippen MR) is 88.6 cm³/mol. The van der Waals surface area contributed by atoms with Crippen LogP contribution in [0.15, 0.2) is 24.3 Å². The number of hydrogen-bond acceptors (Lipinski definition) is 4. The Balaban J connectivity index is 2.59. The molecule has 0 atom stereocenters. The first-order valence-electron chi connectivity index (χ1n) is 8.18. The van der Waals surface area contributed by atoms with Gasteiger partial charge in [-0.2, -0.15) is 0 Å². The molecule has 1 rings (SSSR count). The molecular formula is C18H30O4. The smallest absolute Gasteiger partial charge is 0.192 e. The van der Waals surface area contributed by atoms with Crippen molar-refractivity contribution in [2.24, 2.45) is 0 Å². The van der Waals surface area contributed by atoms with Crippen molar-refractivity contribution < 1.29 is 18.9 Å². The Morgan fingerprint density at radius 3 is 1.91 bits per heavy atom. The van der Waals surface area contributed by atoms with Crippen LogP contribution in [0.25, 0.3) is 0 Å². The largest absolute Gasteiger partial charge is 0.490 e. The lowest BCUT2D eigenvalue weighted by Gasteiger charge is -2.23. The minimum atomic E-state index is -0.385. The maximum absolute atomic E-state index is 5.86. The molecule has 22 heavy (non-hydrogen) atoms. The van der Waals surface area contributed by atoms with Crippen molar-refractivity contribution in [3.63, 3.8) is 0 Å². The van der Waals surface area contributed by atoms with Gasteiger partial charge in [0, 0.05) is 0 Å². The molecule has 4 heteroatoms. The normalized spacial score (nSPS) is 11.5. The number of para-hydroxylation sites is 2. The van der Waals surface area contributed by atoms with Crippen molar-refractivity contribution in [1.82, 2.24) is 0 Å². The van der Waals surface area contributed by atoms with E-state index >= 15 is 0 Å². The van der Waals surface area contributed by atoms with Crippen LogP contribution in [0, 0.1) is 0 Å². The monoisotopic (exact) mass is 310 g/mol. The summed E-state index contributed by atoms with van der Waals surface area (Å²) in [7, 11) is 0. The van der Waals surface area contributed by atoms with Gasteiger partial charge in [0.15, 0.2) is 17.8 Å². The molecule has 0 N–H and O–H groups in total. The summed E-state index contributed by atoms with van der Waals surface area (Å²) in [6.07, 6.45) is 1.93. The summed E-state index contributed by atoms with van der Waals surface area (Å²) in [5, 5.41) is 0. The van der Waals surface area contributed by atoms with Gasteiger partial charge in [0.05, 0.1) is 18.8 Å². The summed E-state index contributed by atoms with van der Waals surface area (Å²) in [6, 6.07) is 7.71. The second-order valence-electron chi connectivity index (χ2n) is 5.76. The van der Waals surface area contributed by atoms with Gasteiger partial charge in [-0.3, -0.25) is 0 Å². The van der Waals surface area contributed by atoms with Gasteiger partial charge in [0.25, 0.3) is 0 Å². The van der Waals surface area contributed by atoms with E-state index in [1.54, 1.807) is 0 Å². The maximum atomic E-state index is 5.86. The molecule has 0 amide bonds. The van der Waals surface area contributed by atoms with E-state index in [4.69, 9.17) is 18.9 Å². The second kappa shape index (κ2) is 10.5. The van der Waals surface area contributed by atoms with E-state index in [0.717, 1.165) is 24.3 Å². The molecule has 0 spiro atoms. The minimum Gasteiger partial charge on any atom is -0.490 e. The van der Waals surface area contributed by atoms with Gasteiger partial charge < -0.3 is 18.9 Å². The zero-order valence-corrected chi connectivity index (χ0v) is 14.5. The molecule has 0 fully saturated rings. The van der Waals surface area contributed by atoms with Crippen molar-refractivity contribution in [3.05, 3.63) is 24.3 Å². The first-order valence-corrected chi connectivity index (χ1v) is 8.18. The van der Waals surface area contributed by atoms with Gasteiger partial charge >= 0.3 is 0 Å². The fraction of sp³-hybridized carbons (Fsp3) is 0.667. The van der Waals surface area contributed by atoms with Gasteiger partial charge in [0.1, 0.15) is 6.61 Å². The molecule has 0 radical (unpaired) electrons. The van der Waals surface area contributed by atoms with Gasteiger partial charge in [-0.25, -0.2) is 0 Å². The summed E-state index contributed by atoms with van der Waals surface area (Å²) < 4.78 is 23.1. The van der Waals surface area contributed by atoms with Crippen molar-refractivity contribution in [2.75, 3.05) is 13.2 Å². The molecule has 4 nitrogen and oxygen atoms in total. The molecular weight excluding hydrogens is 280 g/mol. The van der Waals surface area contributed by atoms with Crippen LogP contribution in [0.1, 0.15) is 47.5 Å². The molecule has 0 aliphatic rings. The third-order valence-electron chi connectivity index (χ3n) is 2.83. The molecule has 0 saturated carbocycles. The summed E-state index contributed by atoms with van der Waals surface area (Å²) in [5.41, 5.74) is 0. The van der Waals surface area contributed by atoms with Crippen LogP contribution in [0.4, 0.5) is 0 Å². The van der Waals surface area contributed by atoms with Crippen LogP contribution >= 0.6 is 0 Å². The molecule has 1 aromatic carbocycles. The highest BCUT2D eigenvalue weighted by Crippen LogP contribution is 2.27. The molecule has 0 aromatic heterocycles. The fourth-order valence-corrected chi connectivity index (χ4v) is 1.89. The van der Waals surface area contributed by atoms with Gasteiger partial charge in [0.2, 0.25) is 0 Å². The zero-order chi connectivity index (χ0) is 16.4. The molecule has 0 unspecified atom stereocenters. The standard InChI is InChI=1S/C18H30O4/c1-6-7-12-19-16-10-8-9-11-17(16)20-13-18(21-14(2)3)22-15(4)5/h8-11,14-15,18H,6-7,12-13H2,1-5H3. The van der Waals surface area contributed by atoms with E-state index in [1.807, 2.05) is 52.0 Å². The van der Waals surface area contributed by atoms with Crippen LogP contribution in [0.5, 0.6) is 11.5 Å². The van der Waals surface area contributed by atoms with E-state index in [1.165, 1.54) is 0 Å². The lowest BCUT2D eigenvalue weighted by molar-refractivity contribution is -0.193. The molecule has 0 aliphatic carbocycles. The van der Waals surface area contributed by atoms with Crippen molar-refractivity contribution in [1.29, 1.82) is 0 Å². The molecule has 0 aliphatic heterocycles.